The van der Waals surface area contributed by atoms with Crippen molar-refractivity contribution in [1.29, 1.82) is 0 Å². The molecule has 1 aromatic rings. The Bertz CT molecular complexity index is 317. The van der Waals surface area contributed by atoms with E-state index in [-0.39, 0.29) is 6.04 Å². The molecule has 4 heteroatoms. The SMILES string of the molecule is CCNC(c1cnccn1)C1CCOC1C. The van der Waals surface area contributed by atoms with Crippen LogP contribution in [0.25, 0.3) is 0 Å². The van der Waals surface area contributed by atoms with Crippen molar-refractivity contribution in [1.82, 2.24) is 15.3 Å². The molecule has 4 nitrogen and oxygen atoms in total. The predicted octanol–water partition coefficient (Wildman–Crippen LogP) is 1.55. The molecule has 0 amide bonds. The Morgan fingerprint density at radius 2 is 2.44 bits per heavy atom. The normalized spacial score (nSPS) is 26.9. The fourth-order valence-electron chi connectivity index (χ4n) is 2.35. The van der Waals surface area contributed by atoms with Crippen molar-refractivity contribution in [3.63, 3.8) is 0 Å². The molecule has 0 radical (unpaired) electrons. The van der Waals surface area contributed by atoms with Crippen molar-refractivity contribution in [3.05, 3.63) is 24.3 Å². The molecule has 1 aliphatic heterocycles. The van der Waals surface area contributed by atoms with Crippen LogP contribution >= 0.6 is 0 Å². The number of ether oxygens (including phenoxy) is 1. The van der Waals surface area contributed by atoms with Gasteiger partial charge in [0.25, 0.3) is 0 Å². The van der Waals surface area contributed by atoms with Crippen LogP contribution in [0.3, 0.4) is 0 Å². The van der Waals surface area contributed by atoms with Crippen LogP contribution < -0.4 is 5.32 Å². The summed E-state index contributed by atoms with van der Waals surface area (Å²) in [5.74, 6) is 0.497. The monoisotopic (exact) mass is 221 g/mol. The van der Waals surface area contributed by atoms with E-state index in [1.54, 1.807) is 12.4 Å². The summed E-state index contributed by atoms with van der Waals surface area (Å²) in [6.07, 6.45) is 6.70. The van der Waals surface area contributed by atoms with Crippen molar-refractivity contribution in [2.45, 2.75) is 32.4 Å². The van der Waals surface area contributed by atoms with Gasteiger partial charge in [0, 0.05) is 31.1 Å². The first-order valence-corrected chi connectivity index (χ1v) is 5.93. The van der Waals surface area contributed by atoms with Gasteiger partial charge in [0.05, 0.1) is 17.8 Å². The lowest BCUT2D eigenvalue weighted by molar-refractivity contribution is 0.0950. The molecule has 1 aliphatic rings. The smallest absolute Gasteiger partial charge is 0.0759 e. The van der Waals surface area contributed by atoms with Crippen molar-refractivity contribution < 1.29 is 4.74 Å². The molecule has 1 fully saturated rings. The van der Waals surface area contributed by atoms with E-state index in [4.69, 9.17) is 4.74 Å². The average Bonchev–Trinajstić information content (AvgIpc) is 2.73. The summed E-state index contributed by atoms with van der Waals surface area (Å²) in [7, 11) is 0. The Morgan fingerprint density at radius 1 is 1.56 bits per heavy atom. The zero-order valence-electron chi connectivity index (χ0n) is 9.89. The average molecular weight is 221 g/mol. The van der Waals surface area contributed by atoms with Gasteiger partial charge in [-0.15, -0.1) is 0 Å². The summed E-state index contributed by atoms with van der Waals surface area (Å²) in [6.45, 7) is 6.04. The molecule has 0 aliphatic carbocycles. The Balaban J connectivity index is 2.16. The van der Waals surface area contributed by atoms with E-state index in [2.05, 4.69) is 29.1 Å². The summed E-state index contributed by atoms with van der Waals surface area (Å²) in [5, 5.41) is 3.49. The molecule has 2 rings (SSSR count). The fourth-order valence-corrected chi connectivity index (χ4v) is 2.35. The molecular weight excluding hydrogens is 202 g/mol. The maximum absolute atomic E-state index is 5.63. The van der Waals surface area contributed by atoms with Gasteiger partial charge in [0.2, 0.25) is 0 Å². The summed E-state index contributed by atoms with van der Waals surface area (Å²) in [4.78, 5) is 8.54. The summed E-state index contributed by atoms with van der Waals surface area (Å²) >= 11 is 0. The highest BCUT2D eigenvalue weighted by Gasteiger charge is 2.33. The zero-order valence-corrected chi connectivity index (χ0v) is 9.89. The lowest BCUT2D eigenvalue weighted by Crippen LogP contribution is -2.32. The molecule has 1 N–H and O–H groups in total. The number of nitrogens with one attached hydrogen (secondary N) is 1. The van der Waals surface area contributed by atoms with Gasteiger partial charge in [-0.25, -0.2) is 0 Å². The molecular formula is C12H19N3O. The lowest BCUT2D eigenvalue weighted by atomic mass is 9.91. The van der Waals surface area contributed by atoms with Crippen LogP contribution in [-0.2, 0) is 4.74 Å². The molecule has 16 heavy (non-hydrogen) atoms. The van der Waals surface area contributed by atoms with Gasteiger partial charge in [-0.1, -0.05) is 6.92 Å². The second-order valence-corrected chi connectivity index (χ2v) is 4.19. The second-order valence-electron chi connectivity index (χ2n) is 4.19. The highest BCUT2D eigenvalue weighted by Crippen LogP contribution is 2.31. The largest absolute Gasteiger partial charge is 0.378 e. The quantitative estimate of drug-likeness (QED) is 0.838. The molecule has 1 aromatic heterocycles. The Hall–Kier alpha value is -1.00. The minimum atomic E-state index is 0.260. The summed E-state index contributed by atoms with van der Waals surface area (Å²) in [5.41, 5.74) is 1.02. The van der Waals surface area contributed by atoms with E-state index < -0.39 is 0 Å². The molecule has 0 spiro atoms. The minimum Gasteiger partial charge on any atom is -0.378 e. The van der Waals surface area contributed by atoms with E-state index in [1.807, 2.05) is 6.20 Å². The van der Waals surface area contributed by atoms with Crippen molar-refractivity contribution >= 4 is 0 Å². The fraction of sp³-hybridized carbons (Fsp3) is 0.667. The molecule has 2 heterocycles. The molecule has 3 unspecified atom stereocenters. The van der Waals surface area contributed by atoms with Crippen molar-refractivity contribution in [2.24, 2.45) is 5.92 Å². The number of rotatable bonds is 4. The molecule has 88 valence electrons. The maximum atomic E-state index is 5.63. The molecule has 0 bridgehead atoms. The third kappa shape index (κ3) is 2.39. The number of hydrogen-bond donors (Lipinski definition) is 1. The predicted molar refractivity (Wildman–Crippen MR) is 62.0 cm³/mol. The van der Waals surface area contributed by atoms with E-state index in [1.165, 1.54) is 0 Å². The second kappa shape index (κ2) is 5.37. The van der Waals surface area contributed by atoms with Gasteiger partial charge < -0.3 is 10.1 Å². The third-order valence-corrected chi connectivity index (χ3v) is 3.19. The van der Waals surface area contributed by atoms with Crippen LogP contribution in [0.15, 0.2) is 18.6 Å². The topological polar surface area (TPSA) is 47.0 Å². The Kier molecular flexibility index (Phi) is 3.85. The number of nitrogens with zero attached hydrogens (tertiary/aromatic N) is 2. The van der Waals surface area contributed by atoms with Gasteiger partial charge >= 0.3 is 0 Å². The van der Waals surface area contributed by atoms with Gasteiger partial charge in [-0.05, 0) is 19.9 Å². The van der Waals surface area contributed by atoms with E-state index in [0.717, 1.165) is 25.3 Å². The molecule has 3 atom stereocenters. The van der Waals surface area contributed by atoms with Crippen LogP contribution in [0.1, 0.15) is 32.0 Å². The number of hydrogen-bond acceptors (Lipinski definition) is 4. The van der Waals surface area contributed by atoms with E-state index in [0.29, 0.717) is 12.0 Å². The van der Waals surface area contributed by atoms with Gasteiger partial charge in [0.1, 0.15) is 0 Å². The molecule has 1 saturated heterocycles. The lowest BCUT2D eigenvalue weighted by Gasteiger charge is -2.25. The van der Waals surface area contributed by atoms with Crippen molar-refractivity contribution in [3.8, 4) is 0 Å². The molecule has 0 aromatic carbocycles. The minimum absolute atomic E-state index is 0.260. The highest BCUT2D eigenvalue weighted by molar-refractivity contribution is 5.06. The third-order valence-electron chi connectivity index (χ3n) is 3.19. The van der Waals surface area contributed by atoms with Crippen LogP contribution in [0, 0.1) is 5.92 Å². The van der Waals surface area contributed by atoms with Crippen LogP contribution in [0.5, 0.6) is 0 Å². The Labute approximate surface area is 96.4 Å². The first-order chi connectivity index (χ1) is 7.83. The first-order valence-electron chi connectivity index (χ1n) is 5.93. The van der Waals surface area contributed by atoms with Gasteiger partial charge in [-0.2, -0.15) is 0 Å². The van der Waals surface area contributed by atoms with E-state index >= 15 is 0 Å². The van der Waals surface area contributed by atoms with Crippen LogP contribution in [0.4, 0.5) is 0 Å². The van der Waals surface area contributed by atoms with Crippen LogP contribution in [0.2, 0.25) is 0 Å². The summed E-state index contributed by atoms with van der Waals surface area (Å²) < 4.78 is 5.63. The standard InChI is InChI=1S/C12H19N3O/c1-3-14-12(10-4-7-16-9(10)2)11-8-13-5-6-15-11/h5-6,8-10,12,14H,3-4,7H2,1-2H3. The van der Waals surface area contributed by atoms with Gasteiger partial charge in [0.15, 0.2) is 0 Å². The van der Waals surface area contributed by atoms with Crippen molar-refractivity contribution in [2.75, 3.05) is 13.2 Å². The van der Waals surface area contributed by atoms with Crippen LogP contribution in [-0.4, -0.2) is 29.2 Å². The molecule has 0 saturated carbocycles. The highest BCUT2D eigenvalue weighted by atomic mass is 16.5. The van der Waals surface area contributed by atoms with E-state index in [9.17, 15) is 0 Å². The summed E-state index contributed by atoms with van der Waals surface area (Å²) in [6, 6.07) is 0.260. The van der Waals surface area contributed by atoms with Gasteiger partial charge in [-0.3, -0.25) is 9.97 Å². The Morgan fingerprint density at radius 3 is 3.00 bits per heavy atom. The number of aromatic nitrogens is 2. The zero-order chi connectivity index (χ0) is 11.4. The maximum Gasteiger partial charge on any atom is 0.0759 e. The first kappa shape index (κ1) is 11.5.